The Morgan fingerprint density at radius 3 is 2.64 bits per heavy atom. The highest BCUT2D eigenvalue weighted by atomic mass is 16.5. The Hall–Kier alpha value is -1.45. The molecule has 0 aliphatic rings. The molecule has 74 valence electrons. The summed E-state index contributed by atoms with van der Waals surface area (Å²) in [7, 11) is 2.00. The normalized spacial score (nSPS) is 9.86. The lowest BCUT2D eigenvalue weighted by Crippen LogP contribution is -2.03. The first-order valence-electron chi connectivity index (χ1n) is 4.55. The van der Waals surface area contributed by atoms with Crippen LogP contribution >= 0.6 is 0 Å². The Bertz CT molecular complexity index is 337. The summed E-state index contributed by atoms with van der Waals surface area (Å²) in [4.78, 5) is 10.7. The topological polar surface area (TPSA) is 46.5 Å². The number of rotatable bonds is 2. The van der Waals surface area contributed by atoms with Crippen LogP contribution in [-0.2, 0) is 11.1 Å². The van der Waals surface area contributed by atoms with Crippen molar-refractivity contribution in [3.8, 4) is 11.5 Å². The maximum absolute atomic E-state index is 10.7. The van der Waals surface area contributed by atoms with Crippen LogP contribution in [-0.4, -0.2) is 18.9 Å². The number of carbonyl (C=O) groups excluding carboxylic acids is 1. The zero-order chi connectivity index (χ0) is 10.7. The molecule has 14 heavy (non-hydrogen) atoms. The number of benzene rings is 1. The van der Waals surface area contributed by atoms with Crippen LogP contribution in [0.3, 0.4) is 0 Å². The van der Waals surface area contributed by atoms with Gasteiger partial charge >= 0.3 is 5.97 Å². The Balaban J connectivity index is 3.11. The van der Waals surface area contributed by atoms with Crippen LogP contribution in [0.5, 0.6) is 11.5 Å². The Morgan fingerprint density at radius 1 is 1.57 bits per heavy atom. The van der Waals surface area contributed by atoms with E-state index in [1.54, 1.807) is 13.0 Å². The zero-order valence-corrected chi connectivity index (χ0v) is 8.63. The highest BCUT2D eigenvalue weighted by Crippen LogP contribution is 2.31. The summed E-state index contributed by atoms with van der Waals surface area (Å²) >= 11 is 0. The molecular weight excluding hydrogens is 179 g/mol. The zero-order valence-electron chi connectivity index (χ0n) is 8.63. The molecule has 0 radical (unpaired) electrons. The number of hydrogen-bond acceptors (Lipinski definition) is 3. The minimum Gasteiger partial charge on any atom is -0.504 e. The van der Waals surface area contributed by atoms with Crippen molar-refractivity contribution >= 4 is 13.8 Å². The van der Waals surface area contributed by atoms with Crippen molar-refractivity contribution in [3.05, 3.63) is 23.3 Å². The number of aryl methyl sites for hydroxylation is 1. The molecular formula is C10H13BO3. The van der Waals surface area contributed by atoms with Gasteiger partial charge in [0.25, 0.3) is 0 Å². The lowest BCUT2D eigenvalue weighted by molar-refractivity contribution is -0.132. The number of ether oxygens (including phenoxy) is 1. The van der Waals surface area contributed by atoms with E-state index in [0.717, 1.165) is 17.4 Å². The molecule has 0 unspecified atom stereocenters. The highest BCUT2D eigenvalue weighted by Gasteiger charge is 2.09. The third-order valence-electron chi connectivity index (χ3n) is 1.97. The van der Waals surface area contributed by atoms with E-state index >= 15 is 0 Å². The summed E-state index contributed by atoms with van der Waals surface area (Å²) in [5.41, 5.74) is 1.80. The van der Waals surface area contributed by atoms with E-state index in [0.29, 0.717) is 0 Å². The van der Waals surface area contributed by atoms with Crippen LogP contribution in [0.15, 0.2) is 12.1 Å². The largest absolute Gasteiger partial charge is 0.504 e. The quantitative estimate of drug-likeness (QED) is 0.427. The predicted molar refractivity (Wildman–Crippen MR) is 56.4 cm³/mol. The van der Waals surface area contributed by atoms with Crippen LogP contribution in [0.4, 0.5) is 0 Å². The minimum atomic E-state index is -0.423. The molecule has 0 spiro atoms. The van der Waals surface area contributed by atoms with Gasteiger partial charge in [-0.2, -0.15) is 0 Å². The molecule has 0 saturated heterocycles. The highest BCUT2D eigenvalue weighted by molar-refractivity contribution is 6.08. The van der Waals surface area contributed by atoms with Crippen LogP contribution in [0.2, 0.25) is 0 Å². The third-order valence-corrected chi connectivity index (χ3v) is 1.97. The van der Waals surface area contributed by atoms with Gasteiger partial charge in [0.2, 0.25) is 0 Å². The van der Waals surface area contributed by atoms with Crippen molar-refractivity contribution < 1.29 is 14.6 Å². The van der Waals surface area contributed by atoms with Gasteiger partial charge < -0.3 is 9.84 Å². The summed E-state index contributed by atoms with van der Waals surface area (Å²) in [6.07, 6.45) is 0.842. The Labute approximate surface area is 84.1 Å². The molecule has 0 amide bonds. The van der Waals surface area contributed by atoms with Gasteiger partial charge in [-0.25, -0.2) is 0 Å². The molecule has 3 nitrogen and oxygen atoms in total. The van der Waals surface area contributed by atoms with Crippen LogP contribution in [0.1, 0.15) is 18.1 Å². The summed E-state index contributed by atoms with van der Waals surface area (Å²) in [5.74, 6) is -0.139. The second-order valence-corrected chi connectivity index (χ2v) is 3.21. The summed E-state index contributed by atoms with van der Waals surface area (Å²) in [5, 5.41) is 9.57. The van der Waals surface area contributed by atoms with E-state index < -0.39 is 5.97 Å². The first-order valence-corrected chi connectivity index (χ1v) is 4.55. The molecule has 0 saturated carbocycles. The van der Waals surface area contributed by atoms with Gasteiger partial charge in [-0.1, -0.05) is 17.9 Å². The van der Waals surface area contributed by atoms with Gasteiger partial charge in [0.05, 0.1) is 0 Å². The molecule has 1 aromatic carbocycles. The fourth-order valence-corrected chi connectivity index (χ4v) is 1.31. The van der Waals surface area contributed by atoms with Gasteiger partial charge in [-0.3, -0.25) is 4.79 Å². The fraction of sp³-hybridized carbons (Fsp3) is 0.300. The fourth-order valence-electron chi connectivity index (χ4n) is 1.31. The monoisotopic (exact) mass is 192 g/mol. The minimum absolute atomic E-state index is 0.0250. The maximum Gasteiger partial charge on any atom is 0.308 e. The molecule has 1 rings (SSSR count). The van der Waals surface area contributed by atoms with Crippen LogP contribution in [0.25, 0.3) is 0 Å². The number of aromatic hydroxyl groups is 1. The van der Waals surface area contributed by atoms with Crippen LogP contribution in [0, 0.1) is 6.92 Å². The average molecular weight is 192 g/mol. The number of hydrogen-bond donors (Lipinski definition) is 1. The number of phenolic OH excluding ortho intramolecular Hbond substituents is 1. The molecule has 0 bridgehead atoms. The van der Waals surface area contributed by atoms with Crippen molar-refractivity contribution in [3.63, 3.8) is 0 Å². The summed E-state index contributed by atoms with van der Waals surface area (Å²) in [6, 6.07) is 3.52. The Morgan fingerprint density at radius 2 is 2.21 bits per heavy atom. The third kappa shape index (κ3) is 2.28. The second kappa shape index (κ2) is 4.18. The number of phenols is 1. The van der Waals surface area contributed by atoms with Gasteiger partial charge in [0, 0.05) is 6.92 Å². The van der Waals surface area contributed by atoms with Crippen molar-refractivity contribution in [1.29, 1.82) is 0 Å². The number of esters is 1. The first kappa shape index (κ1) is 10.6. The number of carbonyl (C=O) groups is 1. The smallest absolute Gasteiger partial charge is 0.308 e. The first-order chi connectivity index (χ1) is 6.54. The van der Waals surface area contributed by atoms with Crippen molar-refractivity contribution in [2.24, 2.45) is 0 Å². The van der Waals surface area contributed by atoms with E-state index in [1.807, 2.05) is 13.9 Å². The van der Waals surface area contributed by atoms with E-state index in [4.69, 9.17) is 4.74 Å². The SMILES string of the molecule is BCc1cc(C)c(OC(C)=O)c(O)c1. The van der Waals surface area contributed by atoms with Crippen molar-refractivity contribution in [2.45, 2.75) is 20.2 Å². The van der Waals surface area contributed by atoms with E-state index in [1.165, 1.54) is 6.92 Å². The predicted octanol–water partition coefficient (Wildman–Crippen LogP) is 0.759. The van der Waals surface area contributed by atoms with Crippen molar-refractivity contribution in [1.82, 2.24) is 0 Å². The van der Waals surface area contributed by atoms with Gasteiger partial charge in [0.1, 0.15) is 7.85 Å². The molecule has 0 atom stereocenters. The molecule has 4 heteroatoms. The van der Waals surface area contributed by atoms with Gasteiger partial charge in [-0.05, 0) is 18.6 Å². The van der Waals surface area contributed by atoms with E-state index in [-0.39, 0.29) is 11.5 Å². The molecule has 0 aliphatic carbocycles. The Kier molecular flexibility index (Phi) is 3.17. The maximum atomic E-state index is 10.7. The molecule has 0 aromatic heterocycles. The molecule has 1 aromatic rings. The lowest BCUT2D eigenvalue weighted by atomic mass is 9.95. The molecule has 0 heterocycles. The average Bonchev–Trinajstić information content (AvgIpc) is 2.10. The van der Waals surface area contributed by atoms with E-state index in [2.05, 4.69) is 0 Å². The second-order valence-electron chi connectivity index (χ2n) is 3.21. The summed E-state index contributed by atoms with van der Waals surface area (Å²) in [6.45, 7) is 3.11. The standard InChI is InChI=1S/C10H13BO3/c1-6-3-8(5-11)4-9(13)10(6)14-7(2)12/h3-4,13H,5,11H2,1-2H3. The molecule has 0 fully saturated rings. The molecule has 0 aliphatic heterocycles. The van der Waals surface area contributed by atoms with Gasteiger partial charge in [0.15, 0.2) is 11.5 Å². The lowest BCUT2D eigenvalue weighted by Gasteiger charge is -2.09. The van der Waals surface area contributed by atoms with E-state index in [9.17, 15) is 9.90 Å². The molecule has 1 N–H and O–H groups in total. The summed E-state index contributed by atoms with van der Waals surface area (Å²) < 4.78 is 4.89. The van der Waals surface area contributed by atoms with Gasteiger partial charge in [-0.15, -0.1) is 0 Å². The van der Waals surface area contributed by atoms with Crippen LogP contribution < -0.4 is 4.74 Å². The van der Waals surface area contributed by atoms with Crippen molar-refractivity contribution in [2.75, 3.05) is 0 Å².